The minimum atomic E-state index is -0.599. The molecule has 2 aliphatic rings. The van der Waals surface area contributed by atoms with E-state index in [0.29, 0.717) is 53.5 Å². The van der Waals surface area contributed by atoms with Gasteiger partial charge >= 0.3 is 5.97 Å². The quantitative estimate of drug-likeness (QED) is 0.290. The Bertz CT molecular complexity index is 1460. The molecule has 0 amide bonds. The predicted octanol–water partition coefficient (Wildman–Crippen LogP) is 7.62. The van der Waals surface area contributed by atoms with Gasteiger partial charge in [-0.2, -0.15) is 0 Å². The average Bonchev–Trinajstić information content (AvgIpc) is 2.96. The Morgan fingerprint density at radius 1 is 1.00 bits per heavy atom. The van der Waals surface area contributed by atoms with E-state index in [1.165, 1.54) is 0 Å². The van der Waals surface area contributed by atoms with Crippen LogP contribution in [0.3, 0.4) is 0 Å². The van der Waals surface area contributed by atoms with Crippen molar-refractivity contribution in [2.45, 2.75) is 64.6 Å². The molecule has 0 unspecified atom stereocenters. The van der Waals surface area contributed by atoms with Crippen molar-refractivity contribution in [3.05, 3.63) is 123 Å². The van der Waals surface area contributed by atoms with Gasteiger partial charge in [0.05, 0.1) is 17.6 Å². The van der Waals surface area contributed by atoms with Gasteiger partial charge in [-0.15, -0.1) is 0 Å². The molecule has 1 N–H and O–H groups in total. The van der Waals surface area contributed by atoms with Gasteiger partial charge in [-0.05, 0) is 61.9 Å². The van der Waals surface area contributed by atoms with E-state index in [0.717, 1.165) is 22.4 Å². The number of carbonyl (C=O) groups excluding carboxylic acids is 2. The molecule has 5 nitrogen and oxygen atoms in total. The minimum absolute atomic E-state index is 0.0119. The smallest absolute Gasteiger partial charge is 0.337 e. The van der Waals surface area contributed by atoms with E-state index < -0.39 is 11.9 Å². The second-order valence-corrected chi connectivity index (χ2v) is 10.9. The SMILES string of the molecule is CC[C@@H](C)OC(=O)C1=C(C)NC2=C(C(=O)C[C@@H](c3ccc(Cl)cc3)C2)[C@@H]1c1ccccc1OCc1ccccc1. The first-order valence-corrected chi connectivity index (χ1v) is 14.2. The monoisotopic (exact) mass is 555 g/mol. The van der Waals surface area contributed by atoms with Crippen molar-refractivity contribution in [3.63, 3.8) is 0 Å². The highest BCUT2D eigenvalue weighted by molar-refractivity contribution is 6.30. The zero-order valence-electron chi connectivity index (χ0n) is 23.1. The first kappa shape index (κ1) is 27.7. The highest BCUT2D eigenvalue weighted by atomic mass is 35.5. The standard InChI is InChI=1S/C34H34ClNO4/c1-4-21(2)40-34(38)31-22(3)36-28-18-25(24-14-16-26(35)17-15-24)19-29(37)33(28)32(31)27-12-8-9-13-30(27)39-20-23-10-6-5-7-11-23/h5-17,21,25,32,36H,4,18-20H2,1-3H3/t21-,25+,32-/m1/s1. The number of hydrogen-bond donors (Lipinski definition) is 1. The summed E-state index contributed by atoms with van der Waals surface area (Å²) in [6.07, 6.45) is 1.45. The van der Waals surface area contributed by atoms with Crippen LogP contribution >= 0.6 is 11.6 Å². The molecule has 5 rings (SSSR count). The Hall–Kier alpha value is -3.83. The molecule has 6 heteroatoms. The summed E-state index contributed by atoms with van der Waals surface area (Å²) in [6.45, 7) is 6.11. The maximum Gasteiger partial charge on any atom is 0.337 e. The normalized spacial score (nSPS) is 19.6. The first-order chi connectivity index (χ1) is 19.4. The third-order valence-electron chi connectivity index (χ3n) is 7.74. The number of Topliss-reactive ketones (excluding diaryl/α,β-unsaturated/α-hetero) is 1. The molecular formula is C34H34ClNO4. The van der Waals surface area contributed by atoms with Gasteiger partial charge in [0.15, 0.2) is 5.78 Å². The molecule has 0 radical (unpaired) electrons. The van der Waals surface area contributed by atoms with Crippen molar-refractivity contribution in [3.8, 4) is 5.75 Å². The van der Waals surface area contributed by atoms with E-state index in [1.807, 2.05) is 99.6 Å². The van der Waals surface area contributed by atoms with Gasteiger partial charge in [0, 0.05) is 34.0 Å². The summed E-state index contributed by atoms with van der Waals surface area (Å²) in [6, 6.07) is 25.3. The molecule has 3 aromatic carbocycles. The van der Waals surface area contributed by atoms with Gasteiger partial charge in [0.25, 0.3) is 0 Å². The molecule has 1 heterocycles. The number of carbonyl (C=O) groups is 2. The number of esters is 1. The molecule has 0 aromatic heterocycles. The van der Waals surface area contributed by atoms with Crippen LogP contribution in [0, 0.1) is 0 Å². The van der Waals surface area contributed by atoms with Gasteiger partial charge in [0.2, 0.25) is 0 Å². The lowest BCUT2D eigenvalue weighted by atomic mass is 9.71. The van der Waals surface area contributed by atoms with E-state index in [-0.39, 0.29) is 17.8 Å². The number of hydrogen-bond acceptors (Lipinski definition) is 5. The molecule has 1 aliphatic heterocycles. The largest absolute Gasteiger partial charge is 0.489 e. The number of allylic oxidation sites excluding steroid dienone is 3. The molecule has 0 saturated heterocycles. The fourth-order valence-electron chi connectivity index (χ4n) is 5.51. The summed E-state index contributed by atoms with van der Waals surface area (Å²) in [5, 5.41) is 4.09. The number of ketones is 1. The second kappa shape index (κ2) is 12.1. The molecule has 0 spiro atoms. The molecule has 0 saturated carbocycles. The Morgan fingerprint density at radius 2 is 1.70 bits per heavy atom. The lowest BCUT2D eigenvalue weighted by molar-refractivity contribution is -0.144. The van der Waals surface area contributed by atoms with Crippen molar-refractivity contribution in [2.75, 3.05) is 0 Å². The van der Waals surface area contributed by atoms with Crippen LogP contribution in [-0.4, -0.2) is 17.9 Å². The van der Waals surface area contributed by atoms with Gasteiger partial charge < -0.3 is 14.8 Å². The van der Waals surface area contributed by atoms with Crippen molar-refractivity contribution in [2.24, 2.45) is 0 Å². The maximum atomic E-state index is 14.0. The Morgan fingerprint density at radius 3 is 2.42 bits per heavy atom. The number of dihydropyridines is 1. The minimum Gasteiger partial charge on any atom is -0.489 e. The lowest BCUT2D eigenvalue weighted by Gasteiger charge is -2.37. The molecule has 1 aliphatic carbocycles. The number of nitrogens with one attached hydrogen (secondary N) is 1. The van der Waals surface area contributed by atoms with Crippen molar-refractivity contribution in [1.29, 1.82) is 0 Å². The van der Waals surface area contributed by atoms with Gasteiger partial charge in [-0.1, -0.05) is 79.2 Å². The van der Waals surface area contributed by atoms with Crippen LogP contribution in [0.4, 0.5) is 0 Å². The summed E-state index contributed by atoms with van der Waals surface area (Å²) >= 11 is 6.12. The summed E-state index contributed by atoms with van der Waals surface area (Å²) in [5.41, 5.74) is 5.48. The van der Waals surface area contributed by atoms with Crippen LogP contribution in [0.1, 0.15) is 68.6 Å². The predicted molar refractivity (Wildman–Crippen MR) is 157 cm³/mol. The molecule has 0 bridgehead atoms. The molecule has 0 fully saturated rings. The van der Waals surface area contributed by atoms with Crippen molar-refractivity contribution < 1.29 is 19.1 Å². The average molecular weight is 556 g/mol. The van der Waals surface area contributed by atoms with Crippen LogP contribution < -0.4 is 10.1 Å². The molecule has 3 atom stereocenters. The van der Waals surface area contributed by atoms with Crippen LogP contribution in [-0.2, 0) is 20.9 Å². The van der Waals surface area contributed by atoms with Crippen molar-refractivity contribution in [1.82, 2.24) is 5.32 Å². The van der Waals surface area contributed by atoms with Crippen LogP contribution in [0.15, 0.2) is 101 Å². The fraction of sp³-hybridized carbons (Fsp3) is 0.294. The van der Waals surface area contributed by atoms with Crippen LogP contribution in [0.25, 0.3) is 0 Å². The van der Waals surface area contributed by atoms with Gasteiger partial charge in [0.1, 0.15) is 12.4 Å². The lowest BCUT2D eigenvalue weighted by Crippen LogP contribution is -2.36. The summed E-state index contributed by atoms with van der Waals surface area (Å²) < 4.78 is 12.1. The van der Waals surface area contributed by atoms with E-state index in [9.17, 15) is 9.59 Å². The van der Waals surface area contributed by atoms with E-state index in [4.69, 9.17) is 21.1 Å². The number of ether oxygens (including phenoxy) is 2. The highest BCUT2D eigenvalue weighted by Crippen LogP contribution is 2.48. The summed E-state index contributed by atoms with van der Waals surface area (Å²) in [4.78, 5) is 27.6. The molecule has 3 aromatic rings. The Kier molecular flexibility index (Phi) is 8.41. The van der Waals surface area contributed by atoms with Gasteiger partial charge in [-0.25, -0.2) is 4.79 Å². The third-order valence-corrected chi connectivity index (χ3v) is 7.99. The zero-order valence-corrected chi connectivity index (χ0v) is 23.8. The van der Waals surface area contributed by atoms with Crippen LogP contribution in [0.2, 0.25) is 5.02 Å². The molecule has 206 valence electrons. The third kappa shape index (κ3) is 5.85. The molecular weight excluding hydrogens is 522 g/mol. The number of halogens is 1. The molecule has 40 heavy (non-hydrogen) atoms. The van der Waals surface area contributed by atoms with Crippen LogP contribution in [0.5, 0.6) is 5.75 Å². The topological polar surface area (TPSA) is 64.6 Å². The number of para-hydroxylation sites is 1. The Balaban J connectivity index is 1.57. The van der Waals surface area contributed by atoms with Gasteiger partial charge in [-0.3, -0.25) is 4.79 Å². The van der Waals surface area contributed by atoms with E-state index in [1.54, 1.807) is 0 Å². The summed E-state index contributed by atoms with van der Waals surface area (Å²) in [7, 11) is 0. The number of rotatable bonds is 8. The fourth-order valence-corrected chi connectivity index (χ4v) is 5.63. The van der Waals surface area contributed by atoms with Crippen molar-refractivity contribution >= 4 is 23.4 Å². The highest BCUT2D eigenvalue weighted by Gasteiger charge is 2.42. The van der Waals surface area contributed by atoms with E-state index >= 15 is 0 Å². The maximum absolute atomic E-state index is 14.0. The van der Waals surface area contributed by atoms with E-state index in [2.05, 4.69) is 5.32 Å². The first-order valence-electron chi connectivity index (χ1n) is 13.8. The second-order valence-electron chi connectivity index (χ2n) is 10.5. The Labute approximate surface area is 240 Å². The number of benzene rings is 3. The summed E-state index contributed by atoms with van der Waals surface area (Å²) in [5.74, 6) is -0.347. The zero-order chi connectivity index (χ0) is 28.2.